The molecule has 2 aromatic carbocycles. The number of anilines is 2. The molecule has 2 aromatic rings. The first-order chi connectivity index (χ1) is 11.6. The quantitative estimate of drug-likeness (QED) is 0.898. The molecule has 0 aliphatic heterocycles. The third-order valence-electron chi connectivity index (χ3n) is 4.01. The van der Waals surface area contributed by atoms with Crippen LogP contribution in [0.5, 0.6) is 0 Å². The lowest BCUT2D eigenvalue weighted by molar-refractivity contribution is -0.117. The molecule has 24 heavy (non-hydrogen) atoms. The molecular weight excluding hydrogens is 311 g/mol. The maximum atomic E-state index is 13.7. The summed E-state index contributed by atoms with van der Waals surface area (Å²) in [6.07, 6.45) is 0.0216. The average Bonchev–Trinajstić information content (AvgIpc) is 3.39. The highest BCUT2D eigenvalue weighted by atomic mass is 19.1. The summed E-state index contributed by atoms with van der Waals surface area (Å²) in [6, 6.07) is 13.9. The molecule has 5 nitrogen and oxygen atoms in total. The minimum Gasteiger partial charge on any atom is -0.453 e. The Morgan fingerprint density at radius 2 is 1.88 bits per heavy atom. The SMILES string of the molecule is COC(=O)Nc1cc(NC(=O)[C@H]2C[C@@H]2c2ccccc2)ccc1F. The zero-order valence-corrected chi connectivity index (χ0v) is 13.1. The largest absolute Gasteiger partial charge is 0.453 e. The predicted octanol–water partition coefficient (Wildman–Crippen LogP) is 3.75. The first-order valence-corrected chi connectivity index (χ1v) is 7.59. The topological polar surface area (TPSA) is 67.4 Å². The van der Waals surface area contributed by atoms with Gasteiger partial charge in [-0.15, -0.1) is 0 Å². The van der Waals surface area contributed by atoms with Gasteiger partial charge in [-0.1, -0.05) is 30.3 Å². The smallest absolute Gasteiger partial charge is 0.411 e. The molecule has 0 unspecified atom stereocenters. The molecule has 0 heterocycles. The van der Waals surface area contributed by atoms with E-state index in [1.54, 1.807) is 0 Å². The van der Waals surface area contributed by atoms with Gasteiger partial charge in [-0.2, -0.15) is 0 Å². The number of methoxy groups -OCH3 is 1. The van der Waals surface area contributed by atoms with Crippen molar-refractivity contribution in [2.45, 2.75) is 12.3 Å². The average molecular weight is 328 g/mol. The van der Waals surface area contributed by atoms with E-state index in [1.807, 2.05) is 30.3 Å². The molecule has 1 aliphatic carbocycles. The van der Waals surface area contributed by atoms with Crippen LogP contribution < -0.4 is 10.6 Å². The summed E-state index contributed by atoms with van der Waals surface area (Å²) in [4.78, 5) is 23.5. The van der Waals surface area contributed by atoms with Crippen LogP contribution in [-0.4, -0.2) is 19.1 Å². The molecule has 2 N–H and O–H groups in total. The summed E-state index contributed by atoms with van der Waals surface area (Å²) in [5, 5.41) is 5.03. The van der Waals surface area contributed by atoms with Gasteiger partial charge in [-0.05, 0) is 36.1 Å². The molecule has 1 fully saturated rings. The fourth-order valence-corrected chi connectivity index (χ4v) is 2.65. The van der Waals surface area contributed by atoms with Gasteiger partial charge < -0.3 is 10.1 Å². The van der Waals surface area contributed by atoms with Crippen LogP contribution in [0.1, 0.15) is 17.9 Å². The number of benzene rings is 2. The van der Waals surface area contributed by atoms with Gasteiger partial charge in [0.2, 0.25) is 5.91 Å². The Kier molecular flexibility index (Phi) is 4.46. The van der Waals surface area contributed by atoms with E-state index in [9.17, 15) is 14.0 Å². The fourth-order valence-electron chi connectivity index (χ4n) is 2.65. The first-order valence-electron chi connectivity index (χ1n) is 7.59. The van der Waals surface area contributed by atoms with Crippen LogP contribution in [0, 0.1) is 11.7 Å². The van der Waals surface area contributed by atoms with E-state index >= 15 is 0 Å². The van der Waals surface area contributed by atoms with Crippen molar-refractivity contribution in [1.29, 1.82) is 0 Å². The second-order valence-corrected chi connectivity index (χ2v) is 5.66. The lowest BCUT2D eigenvalue weighted by atomic mass is 10.1. The Labute approximate surface area is 138 Å². The Morgan fingerprint density at radius 3 is 2.58 bits per heavy atom. The van der Waals surface area contributed by atoms with Crippen molar-refractivity contribution in [3.63, 3.8) is 0 Å². The molecule has 6 heteroatoms. The Morgan fingerprint density at radius 1 is 1.12 bits per heavy atom. The van der Waals surface area contributed by atoms with Crippen LogP contribution in [0.4, 0.5) is 20.6 Å². The standard InChI is InChI=1S/C18H17FN2O3/c1-24-18(23)21-16-9-12(7-8-15(16)19)20-17(22)14-10-13(14)11-5-3-2-4-6-11/h2-9,13-14H,10H2,1H3,(H,20,22)(H,21,23)/t13-,14+/m1/s1. The Hall–Kier alpha value is -2.89. The predicted molar refractivity (Wildman–Crippen MR) is 88.3 cm³/mol. The van der Waals surface area contributed by atoms with E-state index in [1.165, 1.54) is 25.3 Å². The van der Waals surface area contributed by atoms with Crippen molar-refractivity contribution in [2.24, 2.45) is 5.92 Å². The molecule has 1 aliphatic rings. The summed E-state index contributed by atoms with van der Waals surface area (Å²) in [5.74, 6) is -0.583. The molecule has 0 bridgehead atoms. The molecule has 3 rings (SSSR count). The van der Waals surface area contributed by atoms with Crippen LogP contribution >= 0.6 is 0 Å². The van der Waals surface area contributed by atoms with E-state index < -0.39 is 11.9 Å². The highest BCUT2D eigenvalue weighted by molar-refractivity contribution is 5.96. The number of rotatable bonds is 4. The molecule has 0 radical (unpaired) electrons. The molecule has 0 aromatic heterocycles. The van der Waals surface area contributed by atoms with Crippen LogP contribution in [0.2, 0.25) is 0 Å². The second-order valence-electron chi connectivity index (χ2n) is 5.66. The number of carbonyl (C=O) groups excluding carboxylic acids is 2. The molecule has 2 amide bonds. The Balaban J connectivity index is 1.65. The summed E-state index contributed by atoms with van der Waals surface area (Å²) in [6.45, 7) is 0. The molecule has 124 valence electrons. The highest BCUT2D eigenvalue weighted by Gasteiger charge is 2.43. The van der Waals surface area contributed by atoms with Crippen LogP contribution in [0.25, 0.3) is 0 Å². The van der Waals surface area contributed by atoms with E-state index in [2.05, 4.69) is 15.4 Å². The monoisotopic (exact) mass is 328 g/mol. The Bertz CT molecular complexity index is 764. The number of ether oxygens (including phenoxy) is 1. The van der Waals surface area contributed by atoms with Gasteiger partial charge in [0.25, 0.3) is 0 Å². The molecule has 0 spiro atoms. The van der Waals surface area contributed by atoms with Gasteiger partial charge in [-0.3, -0.25) is 10.1 Å². The van der Waals surface area contributed by atoms with Gasteiger partial charge in [0, 0.05) is 11.6 Å². The maximum Gasteiger partial charge on any atom is 0.411 e. The molecule has 2 atom stereocenters. The van der Waals surface area contributed by atoms with Crippen LogP contribution in [0.15, 0.2) is 48.5 Å². The fraction of sp³-hybridized carbons (Fsp3) is 0.222. The summed E-state index contributed by atoms with van der Waals surface area (Å²) < 4.78 is 18.1. The van der Waals surface area contributed by atoms with Crippen molar-refractivity contribution in [3.8, 4) is 0 Å². The van der Waals surface area contributed by atoms with E-state index in [4.69, 9.17) is 0 Å². The lowest BCUT2D eigenvalue weighted by Crippen LogP contribution is -2.16. The van der Waals surface area contributed by atoms with Gasteiger partial charge in [-0.25, -0.2) is 9.18 Å². The van der Waals surface area contributed by atoms with Gasteiger partial charge in [0.15, 0.2) is 0 Å². The summed E-state index contributed by atoms with van der Waals surface area (Å²) in [5.41, 5.74) is 1.52. The highest BCUT2D eigenvalue weighted by Crippen LogP contribution is 2.47. The van der Waals surface area contributed by atoms with Gasteiger partial charge in [0.1, 0.15) is 5.82 Å². The number of nitrogens with one attached hydrogen (secondary N) is 2. The zero-order valence-electron chi connectivity index (χ0n) is 13.1. The number of hydrogen-bond acceptors (Lipinski definition) is 3. The summed E-state index contributed by atoms with van der Waals surface area (Å²) >= 11 is 0. The van der Waals surface area contributed by atoms with Crippen molar-refractivity contribution in [2.75, 3.05) is 17.7 Å². The first kappa shape index (κ1) is 16.0. The van der Waals surface area contributed by atoms with Crippen LogP contribution in [-0.2, 0) is 9.53 Å². The van der Waals surface area contributed by atoms with Crippen molar-refractivity contribution in [1.82, 2.24) is 0 Å². The van der Waals surface area contributed by atoms with Crippen molar-refractivity contribution in [3.05, 3.63) is 59.9 Å². The zero-order chi connectivity index (χ0) is 17.1. The third kappa shape index (κ3) is 3.53. The normalized spacial score (nSPS) is 18.6. The maximum absolute atomic E-state index is 13.7. The van der Waals surface area contributed by atoms with Crippen molar-refractivity contribution < 1.29 is 18.7 Å². The number of hydrogen-bond donors (Lipinski definition) is 2. The van der Waals surface area contributed by atoms with E-state index in [0.29, 0.717) is 5.69 Å². The summed E-state index contributed by atoms with van der Waals surface area (Å²) in [7, 11) is 1.19. The molecule has 1 saturated carbocycles. The van der Waals surface area contributed by atoms with Gasteiger partial charge >= 0.3 is 6.09 Å². The number of amides is 2. The van der Waals surface area contributed by atoms with Crippen molar-refractivity contribution >= 4 is 23.4 Å². The van der Waals surface area contributed by atoms with Crippen LogP contribution in [0.3, 0.4) is 0 Å². The third-order valence-corrected chi connectivity index (χ3v) is 4.01. The van der Waals surface area contributed by atoms with E-state index in [0.717, 1.165) is 12.0 Å². The minimum atomic E-state index is -0.774. The molecular formula is C18H17FN2O3. The van der Waals surface area contributed by atoms with Gasteiger partial charge in [0.05, 0.1) is 12.8 Å². The lowest BCUT2D eigenvalue weighted by Gasteiger charge is -2.09. The molecule has 0 saturated heterocycles. The number of halogens is 1. The second kappa shape index (κ2) is 6.70. The number of carbonyl (C=O) groups is 2. The van der Waals surface area contributed by atoms with E-state index in [-0.39, 0.29) is 23.4 Å². The minimum absolute atomic E-state index is 0.0462.